The molecule has 0 amide bonds. The van der Waals surface area contributed by atoms with Gasteiger partial charge in [0.2, 0.25) is 10.0 Å². The summed E-state index contributed by atoms with van der Waals surface area (Å²) in [7, 11) is -0.351. The van der Waals surface area contributed by atoms with E-state index in [4.69, 9.17) is 9.47 Å². The fourth-order valence-electron chi connectivity index (χ4n) is 4.43. The van der Waals surface area contributed by atoms with Gasteiger partial charge in [0.15, 0.2) is 11.5 Å². The Labute approximate surface area is 167 Å². The summed E-state index contributed by atoms with van der Waals surface area (Å²) in [6, 6.07) is 11.2. The van der Waals surface area contributed by atoms with Crippen molar-refractivity contribution < 1.29 is 17.9 Å². The topological polar surface area (TPSA) is 55.8 Å². The number of nitrogens with zero attached hydrogens (tertiary/aromatic N) is 1. The van der Waals surface area contributed by atoms with E-state index in [9.17, 15) is 8.42 Å². The third kappa shape index (κ3) is 3.40. The van der Waals surface area contributed by atoms with Crippen molar-refractivity contribution >= 4 is 10.0 Å². The molecule has 1 atom stereocenters. The Hall–Kier alpha value is -2.05. The summed E-state index contributed by atoms with van der Waals surface area (Å²) in [6.07, 6.45) is 6.00. The van der Waals surface area contributed by atoms with E-state index in [0.717, 1.165) is 37.7 Å². The molecule has 0 aromatic heterocycles. The molecule has 1 aliphatic heterocycles. The lowest BCUT2D eigenvalue weighted by molar-refractivity contribution is 0.351. The monoisotopic (exact) mass is 401 g/mol. The van der Waals surface area contributed by atoms with E-state index in [1.165, 1.54) is 17.5 Å². The molecule has 150 valence electrons. The van der Waals surface area contributed by atoms with E-state index in [1.807, 2.05) is 30.3 Å². The second kappa shape index (κ2) is 7.76. The summed E-state index contributed by atoms with van der Waals surface area (Å²) in [5.74, 6) is 1.27. The molecule has 1 heterocycles. The Morgan fingerprint density at radius 3 is 2.39 bits per heavy atom. The highest BCUT2D eigenvalue weighted by molar-refractivity contribution is 7.89. The molecular formula is C22H27NO4S. The molecule has 2 aromatic carbocycles. The quantitative estimate of drug-likeness (QED) is 0.757. The third-order valence-corrected chi connectivity index (χ3v) is 7.83. The maximum Gasteiger partial charge on any atom is 0.243 e. The number of sulfonamides is 1. The molecule has 2 aromatic rings. The number of hydrogen-bond donors (Lipinski definition) is 0. The predicted octanol–water partition coefficient (Wildman–Crippen LogP) is 4.11. The van der Waals surface area contributed by atoms with Gasteiger partial charge in [0.1, 0.15) is 0 Å². The average Bonchev–Trinajstić information content (AvgIpc) is 3.23. The molecule has 5 nitrogen and oxygen atoms in total. The minimum Gasteiger partial charge on any atom is -0.493 e. The van der Waals surface area contributed by atoms with Crippen LogP contribution in [0.25, 0.3) is 0 Å². The number of methoxy groups -OCH3 is 2. The maximum absolute atomic E-state index is 13.5. The Morgan fingerprint density at radius 1 is 0.893 bits per heavy atom. The summed E-state index contributed by atoms with van der Waals surface area (Å²) in [5, 5.41) is 0. The van der Waals surface area contributed by atoms with E-state index in [-0.39, 0.29) is 6.04 Å². The zero-order valence-corrected chi connectivity index (χ0v) is 17.3. The van der Waals surface area contributed by atoms with Crippen LogP contribution in [-0.2, 0) is 22.9 Å². The van der Waals surface area contributed by atoms with E-state index in [2.05, 4.69) is 0 Å². The van der Waals surface area contributed by atoms with Crippen LogP contribution in [0, 0.1) is 0 Å². The van der Waals surface area contributed by atoms with E-state index in [0.29, 0.717) is 22.9 Å². The number of benzene rings is 2. The number of rotatable bonds is 5. The van der Waals surface area contributed by atoms with Crippen molar-refractivity contribution in [3.8, 4) is 11.5 Å². The van der Waals surface area contributed by atoms with Crippen molar-refractivity contribution in [1.29, 1.82) is 0 Å². The summed E-state index contributed by atoms with van der Waals surface area (Å²) in [4.78, 5) is 0.417. The fraction of sp³-hybridized carbons (Fsp3) is 0.455. The van der Waals surface area contributed by atoms with Crippen molar-refractivity contribution in [1.82, 2.24) is 4.31 Å². The normalized spacial score (nSPS) is 20.0. The first-order valence-corrected chi connectivity index (χ1v) is 11.3. The van der Waals surface area contributed by atoms with Crippen LogP contribution >= 0.6 is 0 Å². The van der Waals surface area contributed by atoms with Crippen LogP contribution in [0.15, 0.2) is 41.3 Å². The van der Waals surface area contributed by atoms with E-state index >= 15 is 0 Å². The maximum atomic E-state index is 13.5. The molecule has 0 spiro atoms. The average molecular weight is 402 g/mol. The number of fused-ring (bicyclic) bond motifs is 1. The van der Waals surface area contributed by atoms with Crippen molar-refractivity contribution in [3.05, 3.63) is 53.1 Å². The van der Waals surface area contributed by atoms with Crippen molar-refractivity contribution in [2.24, 2.45) is 0 Å². The number of aryl methyl sites for hydroxylation is 2. The second-order valence-electron chi connectivity index (χ2n) is 7.53. The lowest BCUT2D eigenvalue weighted by Gasteiger charge is -2.26. The summed E-state index contributed by atoms with van der Waals surface area (Å²) in [5.41, 5.74) is 3.42. The zero-order chi connectivity index (χ0) is 19.7. The van der Waals surface area contributed by atoms with Crippen LogP contribution < -0.4 is 9.47 Å². The van der Waals surface area contributed by atoms with Crippen LogP contribution in [-0.4, -0.2) is 33.5 Å². The van der Waals surface area contributed by atoms with Gasteiger partial charge < -0.3 is 9.47 Å². The standard InChI is InChI=1S/C22H27NO4S/c1-26-21-12-10-18(15-22(21)27-2)20-8-5-13-23(20)28(24,25)19-11-9-16-6-3-4-7-17(16)14-19/h9-12,14-15,20H,3-8,13H2,1-2H3/t20-/m1/s1. The fourth-order valence-corrected chi connectivity index (χ4v) is 6.16. The SMILES string of the molecule is COc1ccc([C@H]2CCCN2S(=O)(=O)c2ccc3c(c2)CCCC3)cc1OC. The van der Waals surface area contributed by atoms with Gasteiger partial charge in [-0.15, -0.1) is 0 Å². The summed E-state index contributed by atoms with van der Waals surface area (Å²) in [6.45, 7) is 0.540. The molecule has 6 heteroatoms. The largest absolute Gasteiger partial charge is 0.493 e. The van der Waals surface area contributed by atoms with Gasteiger partial charge in [0.25, 0.3) is 0 Å². The first kappa shape index (κ1) is 19.3. The minimum absolute atomic E-state index is 0.180. The van der Waals surface area contributed by atoms with Crippen LogP contribution in [0.2, 0.25) is 0 Å². The zero-order valence-electron chi connectivity index (χ0n) is 16.5. The van der Waals surface area contributed by atoms with Gasteiger partial charge in [-0.25, -0.2) is 8.42 Å². The lowest BCUT2D eigenvalue weighted by Crippen LogP contribution is -2.31. The molecular weight excluding hydrogens is 374 g/mol. The van der Waals surface area contributed by atoms with Gasteiger partial charge in [-0.2, -0.15) is 4.31 Å². The van der Waals surface area contributed by atoms with Gasteiger partial charge in [0.05, 0.1) is 25.2 Å². The van der Waals surface area contributed by atoms with Crippen LogP contribution in [0.4, 0.5) is 0 Å². The molecule has 1 aliphatic carbocycles. The van der Waals surface area contributed by atoms with Crippen LogP contribution in [0.1, 0.15) is 48.4 Å². The second-order valence-corrected chi connectivity index (χ2v) is 9.42. The molecule has 0 saturated carbocycles. The first-order chi connectivity index (χ1) is 13.5. The first-order valence-electron chi connectivity index (χ1n) is 9.90. The highest BCUT2D eigenvalue weighted by Crippen LogP contribution is 2.40. The Balaban J connectivity index is 1.67. The van der Waals surface area contributed by atoms with Gasteiger partial charge in [-0.3, -0.25) is 0 Å². The molecule has 1 saturated heterocycles. The highest BCUT2D eigenvalue weighted by Gasteiger charge is 2.36. The van der Waals surface area contributed by atoms with Gasteiger partial charge >= 0.3 is 0 Å². The minimum atomic E-state index is -3.54. The molecule has 0 unspecified atom stereocenters. The Kier molecular flexibility index (Phi) is 5.34. The van der Waals surface area contributed by atoms with Crippen molar-refractivity contribution in [2.45, 2.75) is 49.5 Å². The van der Waals surface area contributed by atoms with E-state index in [1.54, 1.807) is 24.6 Å². The third-order valence-electron chi connectivity index (χ3n) is 5.92. The summed E-state index contributed by atoms with van der Waals surface area (Å²) >= 11 is 0. The number of hydrogen-bond acceptors (Lipinski definition) is 4. The summed E-state index contributed by atoms with van der Waals surface area (Å²) < 4.78 is 39.3. The molecule has 0 bridgehead atoms. The highest BCUT2D eigenvalue weighted by atomic mass is 32.2. The van der Waals surface area contributed by atoms with Gasteiger partial charge in [0, 0.05) is 6.54 Å². The predicted molar refractivity (Wildman–Crippen MR) is 108 cm³/mol. The Morgan fingerprint density at radius 2 is 1.64 bits per heavy atom. The van der Waals surface area contributed by atoms with Crippen molar-refractivity contribution in [3.63, 3.8) is 0 Å². The molecule has 4 rings (SSSR count). The van der Waals surface area contributed by atoms with E-state index < -0.39 is 10.0 Å². The lowest BCUT2D eigenvalue weighted by atomic mass is 9.92. The molecule has 1 fully saturated rings. The molecule has 0 radical (unpaired) electrons. The molecule has 0 N–H and O–H groups in total. The Bertz CT molecular complexity index is 970. The van der Waals surface area contributed by atoms with Gasteiger partial charge in [-0.05, 0) is 79.5 Å². The van der Waals surface area contributed by atoms with Crippen LogP contribution in [0.5, 0.6) is 11.5 Å². The molecule has 28 heavy (non-hydrogen) atoms. The van der Waals surface area contributed by atoms with Gasteiger partial charge in [-0.1, -0.05) is 12.1 Å². The van der Waals surface area contributed by atoms with Crippen molar-refractivity contribution in [2.75, 3.05) is 20.8 Å². The number of ether oxygens (including phenoxy) is 2. The molecule has 2 aliphatic rings. The smallest absolute Gasteiger partial charge is 0.243 e. The van der Waals surface area contributed by atoms with Crippen LogP contribution in [0.3, 0.4) is 0 Å².